The Labute approximate surface area is 130 Å². The van der Waals surface area contributed by atoms with Crippen LogP contribution in [0.25, 0.3) is 0 Å². The molecule has 1 amide bonds. The molecule has 124 valence electrons. The number of hydrogen-bond acceptors (Lipinski definition) is 6. The first-order valence-corrected chi connectivity index (χ1v) is 7.37. The van der Waals surface area contributed by atoms with Gasteiger partial charge in [0, 0.05) is 0 Å². The fraction of sp³-hybridized carbons (Fsp3) is 0.615. The highest BCUT2D eigenvalue weighted by molar-refractivity contribution is 7.13. The van der Waals surface area contributed by atoms with Crippen molar-refractivity contribution in [2.45, 2.75) is 46.3 Å². The molecule has 0 atom stereocenters. The van der Waals surface area contributed by atoms with Crippen molar-refractivity contribution in [1.29, 1.82) is 0 Å². The second-order valence-electron chi connectivity index (χ2n) is 5.20. The molecule has 1 heterocycles. The van der Waals surface area contributed by atoms with Crippen LogP contribution in [0, 0.1) is 0 Å². The zero-order valence-electron chi connectivity index (χ0n) is 12.7. The van der Waals surface area contributed by atoms with Gasteiger partial charge in [-0.3, -0.25) is 0 Å². The van der Waals surface area contributed by atoms with E-state index in [9.17, 15) is 18.4 Å². The van der Waals surface area contributed by atoms with Gasteiger partial charge in [0.1, 0.15) is 21.2 Å². The standard InChI is InChI=1S/C13H18F2N2O4S/c1-5-20-11(18)9-8(10(14)15)17-7(22-9)6-16-12(19)21-13(2,3)4/h10H,5-6H2,1-4H3,(H,16,19). The zero-order valence-corrected chi connectivity index (χ0v) is 13.6. The van der Waals surface area contributed by atoms with Gasteiger partial charge in [-0.05, 0) is 27.7 Å². The monoisotopic (exact) mass is 336 g/mol. The van der Waals surface area contributed by atoms with Crippen molar-refractivity contribution < 1.29 is 27.8 Å². The molecule has 0 radical (unpaired) electrons. The summed E-state index contributed by atoms with van der Waals surface area (Å²) in [7, 11) is 0. The van der Waals surface area contributed by atoms with E-state index in [4.69, 9.17) is 9.47 Å². The van der Waals surface area contributed by atoms with Gasteiger partial charge in [0.25, 0.3) is 6.43 Å². The number of nitrogens with one attached hydrogen (secondary N) is 1. The lowest BCUT2D eigenvalue weighted by molar-refractivity contribution is 0.0511. The lowest BCUT2D eigenvalue weighted by atomic mass is 10.2. The first-order valence-electron chi connectivity index (χ1n) is 6.55. The Morgan fingerprint density at radius 1 is 1.36 bits per heavy atom. The molecule has 0 fully saturated rings. The second-order valence-corrected chi connectivity index (χ2v) is 6.28. The molecule has 0 saturated heterocycles. The number of thiazole rings is 1. The Balaban J connectivity index is 2.78. The number of aromatic nitrogens is 1. The van der Waals surface area contributed by atoms with Crippen LogP contribution in [0.4, 0.5) is 13.6 Å². The van der Waals surface area contributed by atoms with E-state index in [0.717, 1.165) is 11.3 Å². The summed E-state index contributed by atoms with van der Waals surface area (Å²) in [5.41, 5.74) is -1.30. The van der Waals surface area contributed by atoms with E-state index >= 15 is 0 Å². The maximum Gasteiger partial charge on any atom is 0.408 e. The van der Waals surface area contributed by atoms with Gasteiger partial charge in [-0.15, -0.1) is 11.3 Å². The third-order valence-corrected chi connectivity index (χ3v) is 3.20. The molecule has 0 unspecified atom stereocenters. The predicted molar refractivity (Wildman–Crippen MR) is 76.1 cm³/mol. The maximum absolute atomic E-state index is 12.9. The number of esters is 1. The molecule has 1 aromatic rings. The minimum atomic E-state index is -2.90. The molecular weight excluding hydrogens is 318 g/mol. The topological polar surface area (TPSA) is 77.5 Å². The van der Waals surface area contributed by atoms with E-state index in [0.29, 0.717) is 0 Å². The minimum absolute atomic E-state index is 0.0743. The highest BCUT2D eigenvalue weighted by Crippen LogP contribution is 2.28. The average Bonchev–Trinajstić information content (AvgIpc) is 2.79. The number of nitrogens with zero attached hydrogens (tertiary/aromatic N) is 1. The van der Waals surface area contributed by atoms with Crippen molar-refractivity contribution in [1.82, 2.24) is 10.3 Å². The van der Waals surface area contributed by atoms with Gasteiger partial charge in [-0.25, -0.2) is 23.4 Å². The number of amides is 1. The molecule has 0 aliphatic carbocycles. The average molecular weight is 336 g/mol. The van der Waals surface area contributed by atoms with Gasteiger partial charge in [0.15, 0.2) is 0 Å². The zero-order chi connectivity index (χ0) is 16.9. The molecule has 0 aliphatic heterocycles. The van der Waals surface area contributed by atoms with E-state index < -0.39 is 29.8 Å². The molecule has 0 bridgehead atoms. The third kappa shape index (κ3) is 5.55. The molecule has 9 heteroatoms. The van der Waals surface area contributed by atoms with Crippen LogP contribution >= 0.6 is 11.3 Å². The Morgan fingerprint density at radius 3 is 2.50 bits per heavy atom. The fourth-order valence-electron chi connectivity index (χ4n) is 1.41. The molecule has 6 nitrogen and oxygen atoms in total. The summed E-state index contributed by atoms with van der Waals surface area (Å²) in [6.45, 7) is 6.63. The molecule has 0 saturated carbocycles. The van der Waals surface area contributed by atoms with E-state index in [1.807, 2.05) is 0 Å². The second kappa shape index (κ2) is 7.48. The Bertz CT molecular complexity index is 541. The van der Waals surface area contributed by atoms with Crippen LogP contribution in [0.1, 0.15) is 54.5 Å². The van der Waals surface area contributed by atoms with Crippen LogP contribution < -0.4 is 5.32 Å². The summed E-state index contributed by atoms with van der Waals surface area (Å²) < 4.78 is 35.5. The summed E-state index contributed by atoms with van der Waals surface area (Å²) >= 11 is 0.760. The number of hydrogen-bond donors (Lipinski definition) is 1. The SMILES string of the molecule is CCOC(=O)c1sc(CNC(=O)OC(C)(C)C)nc1C(F)F. The van der Waals surface area contributed by atoms with Crippen molar-refractivity contribution in [3.05, 3.63) is 15.6 Å². The number of ether oxygens (including phenoxy) is 2. The fourth-order valence-corrected chi connectivity index (χ4v) is 2.31. The Kier molecular flexibility index (Phi) is 6.21. The number of carbonyl (C=O) groups is 2. The summed E-state index contributed by atoms with van der Waals surface area (Å²) in [4.78, 5) is 26.5. The van der Waals surface area contributed by atoms with E-state index in [1.165, 1.54) is 0 Å². The highest BCUT2D eigenvalue weighted by atomic mass is 32.1. The number of alkyl halides is 2. The van der Waals surface area contributed by atoms with Gasteiger partial charge in [-0.2, -0.15) is 0 Å². The van der Waals surface area contributed by atoms with E-state index in [1.54, 1.807) is 27.7 Å². The first kappa shape index (κ1) is 18.3. The summed E-state index contributed by atoms with van der Waals surface area (Å²) in [5.74, 6) is -0.848. The van der Waals surface area contributed by atoms with Crippen molar-refractivity contribution >= 4 is 23.4 Å². The van der Waals surface area contributed by atoms with Crippen molar-refractivity contribution in [3.8, 4) is 0 Å². The van der Waals surface area contributed by atoms with Gasteiger partial charge in [0.05, 0.1) is 13.2 Å². The molecule has 0 aliphatic rings. The van der Waals surface area contributed by atoms with Crippen LogP contribution in [0.2, 0.25) is 0 Å². The molecule has 22 heavy (non-hydrogen) atoms. The molecule has 0 spiro atoms. The number of alkyl carbamates (subject to hydrolysis) is 1. The Hall–Kier alpha value is -1.77. The quantitative estimate of drug-likeness (QED) is 0.835. The summed E-state index contributed by atoms with van der Waals surface area (Å²) in [6.07, 6.45) is -3.59. The molecule has 0 aromatic carbocycles. The minimum Gasteiger partial charge on any atom is -0.462 e. The van der Waals surface area contributed by atoms with Gasteiger partial charge >= 0.3 is 12.1 Å². The maximum atomic E-state index is 12.9. The third-order valence-electron chi connectivity index (χ3n) is 2.15. The van der Waals surface area contributed by atoms with Crippen molar-refractivity contribution in [3.63, 3.8) is 0 Å². The molecule has 1 aromatic heterocycles. The van der Waals surface area contributed by atoms with Crippen LogP contribution in [-0.4, -0.2) is 29.3 Å². The normalized spacial score (nSPS) is 11.4. The largest absolute Gasteiger partial charge is 0.462 e. The number of halogens is 2. The lowest BCUT2D eigenvalue weighted by Crippen LogP contribution is -2.32. The van der Waals surface area contributed by atoms with Gasteiger partial charge < -0.3 is 14.8 Å². The number of carbonyl (C=O) groups excluding carboxylic acids is 2. The van der Waals surface area contributed by atoms with Crippen LogP contribution in [0.3, 0.4) is 0 Å². The van der Waals surface area contributed by atoms with Crippen LogP contribution in [-0.2, 0) is 16.0 Å². The van der Waals surface area contributed by atoms with Gasteiger partial charge in [-0.1, -0.05) is 0 Å². The lowest BCUT2D eigenvalue weighted by Gasteiger charge is -2.19. The van der Waals surface area contributed by atoms with Gasteiger partial charge in [0.2, 0.25) is 0 Å². The number of rotatable bonds is 5. The summed E-state index contributed by atoms with van der Waals surface area (Å²) in [6, 6.07) is 0. The van der Waals surface area contributed by atoms with Crippen LogP contribution in [0.5, 0.6) is 0 Å². The molecule has 1 N–H and O–H groups in total. The van der Waals surface area contributed by atoms with Crippen LogP contribution in [0.15, 0.2) is 0 Å². The van der Waals surface area contributed by atoms with Crippen molar-refractivity contribution in [2.24, 2.45) is 0 Å². The van der Waals surface area contributed by atoms with E-state index in [2.05, 4.69) is 10.3 Å². The van der Waals surface area contributed by atoms with E-state index in [-0.39, 0.29) is 23.0 Å². The highest BCUT2D eigenvalue weighted by Gasteiger charge is 2.25. The first-order chi connectivity index (χ1) is 10.1. The summed E-state index contributed by atoms with van der Waals surface area (Å²) in [5, 5.41) is 2.57. The molecular formula is C13H18F2N2O4S. The smallest absolute Gasteiger partial charge is 0.408 e. The Morgan fingerprint density at radius 2 is 2.00 bits per heavy atom. The molecule has 1 rings (SSSR count). The predicted octanol–water partition coefficient (Wildman–Crippen LogP) is 3.28. The van der Waals surface area contributed by atoms with Crippen molar-refractivity contribution in [2.75, 3.05) is 6.61 Å².